The van der Waals surface area contributed by atoms with Crippen LogP contribution in [0.2, 0.25) is 0 Å². The molecular weight excluding hydrogens is 203 g/mol. The SMILES string of the molecule is CCOC(=O)C1(F)CSCC12CCC2. The summed E-state index contributed by atoms with van der Waals surface area (Å²) < 4.78 is 19.3. The van der Waals surface area contributed by atoms with E-state index in [1.165, 1.54) is 0 Å². The highest BCUT2D eigenvalue weighted by molar-refractivity contribution is 7.99. The fourth-order valence-electron chi connectivity index (χ4n) is 2.32. The Balaban J connectivity index is 2.16. The van der Waals surface area contributed by atoms with E-state index in [9.17, 15) is 9.18 Å². The lowest BCUT2D eigenvalue weighted by Crippen LogP contribution is -2.54. The summed E-state index contributed by atoms with van der Waals surface area (Å²) in [5.74, 6) is 0.429. The van der Waals surface area contributed by atoms with Gasteiger partial charge < -0.3 is 4.74 Å². The normalized spacial score (nSPS) is 34.1. The maximum atomic E-state index is 14.5. The predicted octanol–water partition coefficient (Wildman–Crippen LogP) is 2.17. The number of carbonyl (C=O) groups is 1. The average Bonchev–Trinajstić information content (AvgIpc) is 2.44. The maximum absolute atomic E-state index is 14.5. The Kier molecular flexibility index (Phi) is 2.50. The molecule has 1 atom stereocenters. The van der Waals surface area contributed by atoms with Crippen LogP contribution in [0.1, 0.15) is 26.2 Å². The van der Waals surface area contributed by atoms with E-state index in [0.717, 1.165) is 25.0 Å². The Morgan fingerprint density at radius 1 is 1.50 bits per heavy atom. The minimum Gasteiger partial charge on any atom is -0.464 e. The number of hydrogen-bond donors (Lipinski definition) is 0. The smallest absolute Gasteiger partial charge is 0.345 e. The topological polar surface area (TPSA) is 26.3 Å². The maximum Gasteiger partial charge on any atom is 0.345 e. The molecule has 1 saturated carbocycles. The van der Waals surface area contributed by atoms with Gasteiger partial charge in [0.2, 0.25) is 5.67 Å². The molecule has 14 heavy (non-hydrogen) atoms. The van der Waals surface area contributed by atoms with Crippen molar-refractivity contribution in [1.82, 2.24) is 0 Å². The fourth-order valence-corrected chi connectivity index (χ4v) is 4.04. The van der Waals surface area contributed by atoms with Crippen molar-refractivity contribution in [2.45, 2.75) is 31.9 Å². The molecular formula is C10H15FO2S. The summed E-state index contributed by atoms with van der Waals surface area (Å²) in [4.78, 5) is 11.6. The van der Waals surface area contributed by atoms with Crippen molar-refractivity contribution in [1.29, 1.82) is 0 Å². The Hall–Kier alpha value is -0.250. The second-order valence-corrected chi connectivity index (χ2v) is 5.13. The van der Waals surface area contributed by atoms with E-state index >= 15 is 0 Å². The Labute approximate surface area is 87.6 Å². The molecule has 2 aliphatic rings. The van der Waals surface area contributed by atoms with Crippen LogP contribution in [0.4, 0.5) is 4.39 Å². The predicted molar refractivity (Wildman–Crippen MR) is 54.1 cm³/mol. The number of carbonyl (C=O) groups excluding carboxylic acids is 1. The lowest BCUT2D eigenvalue weighted by molar-refractivity contribution is -0.168. The van der Waals surface area contributed by atoms with Crippen LogP contribution in [0.15, 0.2) is 0 Å². The lowest BCUT2D eigenvalue weighted by Gasteiger charge is -2.44. The lowest BCUT2D eigenvalue weighted by atomic mass is 9.61. The summed E-state index contributed by atoms with van der Waals surface area (Å²) in [5.41, 5.74) is -2.09. The molecule has 1 saturated heterocycles. The van der Waals surface area contributed by atoms with Crippen LogP contribution in [0, 0.1) is 5.41 Å². The third kappa shape index (κ3) is 1.19. The van der Waals surface area contributed by atoms with Crippen LogP contribution in [0.5, 0.6) is 0 Å². The van der Waals surface area contributed by atoms with Crippen molar-refractivity contribution in [3.05, 3.63) is 0 Å². The monoisotopic (exact) mass is 218 g/mol. The second kappa shape index (κ2) is 3.40. The zero-order valence-electron chi connectivity index (χ0n) is 8.35. The van der Waals surface area contributed by atoms with Crippen LogP contribution in [-0.2, 0) is 9.53 Å². The molecule has 2 nitrogen and oxygen atoms in total. The van der Waals surface area contributed by atoms with Gasteiger partial charge in [-0.15, -0.1) is 0 Å². The number of ether oxygens (including phenoxy) is 1. The highest BCUT2D eigenvalue weighted by Crippen LogP contribution is 2.58. The molecule has 1 spiro atoms. The minimum absolute atomic E-state index is 0.269. The van der Waals surface area contributed by atoms with Crippen molar-refractivity contribution >= 4 is 17.7 Å². The summed E-state index contributed by atoms with van der Waals surface area (Å²) in [6.07, 6.45) is 2.73. The molecule has 0 radical (unpaired) electrons. The molecule has 0 aromatic heterocycles. The van der Waals surface area contributed by atoms with Crippen LogP contribution in [0.25, 0.3) is 0 Å². The molecule has 80 valence electrons. The summed E-state index contributed by atoms with van der Waals surface area (Å²) in [6, 6.07) is 0. The van der Waals surface area contributed by atoms with Crippen molar-refractivity contribution in [3.8, 4) is 0 Å². The van der Waals surface area contributed by atoms with Gasteiger partial charge in [0.1, 0.15) is 0 Å². The number of hydrogen-bond acceptors (Lipinski definition) is 3. The molecule has 0 N–H and O–H groups in total. The number of esters is 1. The van der Waals surface area contributed by atoms with E-state index in [1.54, 1.807) is 18.7 Å². The largest absolute Gasteiger partial charge is 0.464 e. The molecule has 4 heteroatoms. The standard InChI is InChI=1S/C10H15FO2S/c1-2-13-8(12)10(11)7-14-6-9(10)4-3-5-9/h2-7H2,1H3. The van der Waals surface area contributed by atoms with Gasteiger partial charge in [0.25, 0.3) is 0 Å². The molecule has 0 aromatic carbocycles. The zero-order chi connectivity index (χ0) is 10.2. The zero-order valence-corrected chi connectivity index (χ0v) is 9.16. The minimum atomic E-state index is -1.70. The summed E-state index contributed by atoms with van der Waals surface area (Å²) in [5, 5.41) is 0. The quantitative estimate of drug-likeness (QED) is 0.664. The average molecular weight is 218 g/mol. The van der Waals surface area contributed by atoms with Gasteiger partial charge in [-0.05, 0) is 19.8 Å². The van der Waals surface area contributed by atoms with Gasteiger partial charge in [-0.25, -0.2) is 9.18 Å². The highest BCUT2D eigenvalue weighted by Gasteiger charge is 2.64. The Morgan fingerprint density at radius 2 is 2.21 bits per heavy atom. The van der Waals surface area contributed by atoms with E-state index in [1.807, 2.05) is 0 Å². The van der Waals surface area contributed by atoms with Crippen LogP contribution in [-0.4, -0.2) is 29.8 Å². The van der Waals surface area contributed by atoms with Gasteiger partial charge >= 0.3 is 5.97 Å². The van der Waals surface area contributed by atoms with E-state index in [0.29, 0.717) is 0 Å². The molecule has 0 amide bonds. The van der Waals surface area contributed by atoms with Crippen LogP contribution < -0.4 is 0 Å². The van der Waals surface area contributed by atoms with Crippen molar-refractivity contribution in [2.75, 3.05) is 18.1 Å². The van der Waals surface area contributed by atoms with Crippen LogP contribution >= 0.6 is 11.8 Å². The van der Waals surface area contributed by atoms with Gasteiger partial charge in [0.15, 0.2) is 0 Å². The highest BCUT2D eigenvalue weighted by atomic mass is 32.2. The second-order valence-electron chi connectivity index (χ2n) is 4.15. The summed E-state index contributed by atoms with van der Waals surface area (Å²) in [7, 11) is 0. The molecule has 2 rings (SSSR count). The van der Waals surface area contributed by atoms with Gasteiger partial charge in [-0.2, -0.15) is 11.8 Å². The number of thioether (sulfide) groups is 1. The van der Waals surface area contributed by atoms with Gasteiger partial charge in [0.05, 0.1) is 6.61 Å². The number of rotatable bonds is 2. The first-order chi connectivity index (χ1) is 6.65. The third-order valence-electron chi connectivity index (χ3n) is 3.43. The summed E-state index contributed by atoms with van der Waals surface area (Å²) >= 11 is 1.54. The van der Waals surface area contributed by atoms with Crippen molar-refractivity contribution in [3.63, 3.8) is 0 Å². The summed E-state index contributed by atoms with van der Waals surface area (Å²) in [6.45, 7) is 1.99. The fraction of sp³-hybridized carbons (Fsp3) is 0.900. The molecule has 2 fully saturated rings. The van der Waals surface area contributed by atoms with Crippen molar-refractivity contribution in [2.24, 2.45) is 5.41 Å². The van der Waals surface area contributed by atoms with E-state index in [-0.39, 0.29) is 17.8 Å². The first kappa shape index (κ1) is 10.3. The Morgan fingerprint density at radius 3 is 2.71 bits per heavy atom. The van der Waals surface area contributed by atoms with Gasteiger partial charge in [-0.1, -0.05) is 6.42 Å². The molecule has 0 bridgehead atoms. The van der Waals surface area contributed by atoms with E-state index < -0.39 is 11.6 Å². The molecule has 1 heterocycles. The van der Waals surface area contributed by atoms with E-state index in [4.69, 9.17) is 4.74 Å². The first-order valence-electron chi connectivity index (χ1n) is 5.08. The van der Waals surface area contributed by atoms with E-state index in [2.05, 4.69) is 0 Å². The van der Waals surface area contributed by atoms with Gasteiger partial charge in [-0.3, -0.25) is 0 Å². The molecule has 1 aliphatic carbocycles. The number of alkyl halides is 1. The van der Waals surface area contributed by atoms with Crippen molar-refractivity contribution < 1.29 is 13.9 Å². The molecule has 1 aliphatic heterocycles. The molecule has 0 aromatic rings. The third-order valence-corrected chi connectivity index (χ3v) is 4.79. The first-order valence-corrected chi connectivity index (χ1v) is 6.24. The van der Waals surface area contributed by atoms with Gasteiger partial charge in [0, 0.05) is 16.9 Å². The number of halogens is 1. The Bertz CT molecular complexity index is 253. The molecule has 1 unspecified atom stereocenters. The van der Waals surface area contributed by atoms with Crippen LogP contribution in [0.3, 0.4) is 0 Å².